The van der Waals surface area contributed by atoms with Crippen molar-refractivity contribution in [3.05, 3.63) is 12.2 Å². The zero-order chi connectivity index (χ0) is 11.1. The summed E-state index contributed by atoms with van der Waals surface area (Å²) in [5.74, 6) is 2.73. The second-order valence-electron chi connectivity index (χ2n) is 5.11. The number of nitrogens with zero attached hydrogens (tertiary/aromatic N) is 4. The van der Waals surface area contributed by atoms with E-state index in [0.29, 0.717) is 6.04 Å². The van der Waals surface area contributed by atoms with Crippen LogP contribution < -0.4 is 5.32 Å². The molecule has 3 rings (SSSR count). The standard InChI is InChI=1S/C11H19N5/c1-8-10-4-12-3-9(10)5-16(8)6-11-14-13-7-15(11)2/h7-10,12H,3-6H2,1-2H3. The first-order chi connectivity index (χ1) is 7.75. The highest BCUT2D eigenvalue weighted by molar-refractivity contribution is 4.98. The maximum Gasteiger partial charge on any atom is 0.146 e. The predicted molar refractivity (Wildman–Crippen MR) is 60.7 cm³/mol. The molecule has 1 aromatic heterocycles. The first-order valence-corrected chi connectivity index (χ1v) is 6.03. The fourth-order valence-electron chi connectivity index (χ4n) is 3.10. The van der Waals surface area contributed by atoms with Crippen molar-refractivity contribution in [1.29, 1.82) is 0 Å². The lowest BCUT2D eigenvalue weighted by molar-refractivity contribution is 0.223. The molecule has 3 atom stereocenters. The van der Waals surface area contributed by atoms with E-state index in [-0.39, 0.29) is 0 Å². The maximum absolute atomic E-state index is 4.16. The van der Waals surface area contributed by atoms with Crippen molar-refractivity contribution in [2.45, 2.75) is 19.5 Å². The summed E-state index contributed by atoms with van der Waals surface area (Å²) < 4.78 is 2.01. The van der Waals surface area contributed by atoms with Gasteiger partial charge in [-0.15, -0.1) is 10.2 Å². The molecule has 2 saturated heterocycles. The van der Waals surface area contributed by atoms with Crippen LogP contribution >= 0.6 is 0 Å². The van der Waals surface area contributed by atoms with Crippen LogP contribution in [-0.2, 0) is 13.6 Å². The third-order valence-electron chi connectivity index (χ3n) is 4.21. The molecular formula is C11H19N5. The second-order valence-corrected chi connectivity index (χ2v) is 5.11. The molecule has 88 valence electrons. The van der Waals surface area contributed by atoms with Crippen molar-refractivity contribution in [1.82, 2.24) is 25.0 Å². The normalized spacial score (nSPS) is 34.5. The van der Waals surface area contributed by atoms with Crippen molar-refractivity contribution in [2.24, 2.45) is 18.9 Å². The summed E-state index contributed by atoms with van der Waals surface area (Å²) >= 11 is 0. The second kappa shape index (κ2) is 3.82. The zero-order valence-electron chi connectivity index (χ0n) is 9.93. The van der Waals surface area contributed by atoms with E-state index in [2.05, 4.69) is 27.3 Å². The Morgan fingerprint density at radius 1 is 1.50 bits per heavy atom. The van der Waals surface area contributed by atoms with Gasteiger partial charge in [0.05, 0.1) is 6.54 Å². The molecule has 3 unspecified atom stereocenters. The van der Waals surface area contributed by atoms with Gasteiger partial charge in [-0.1, -0.05) is 0 Å². The molecule has 5 heteroatoms. The van der Waals surface area contributed by atoms with E-state index < -0.39 is 0 Å². The average Bonchev–Trinajstić information content (AvgIpc) is 2.91. The highest BCUT2D eigenvalue weighted by atomic mass is 15.3. The number of fused-ring (bicyclic) bond motifs is 1. The van der Waals surface area contributed by atoms with Gasteiger partial charge >= 0.3 is 0 Å². The van der Waals surface area contributed by atoms with Crippen LogP contribution in [0, 0.1) is 11.8 Å². The summed E-state index contributed by atoms with van der Waals surface area (Å²) in [6, 6.07) is 0.664. The number of hydrogen-bond acceptors (Lipinski definition) is 4. The summed E-state index contributed by atoms with van der Waals surface area (Å²) in [6.45, 7) is 6.84. The Bertz CT molecular complexity index is 374. The fourth-order valence-corrected chi connectivity index (χ4v) is 3.10. The van der Waals surface area contributed by atoms with Crippen LogP contribution in [0.2, 0.25) is 0 Å². The molecule has 0 aliphatic carbocycles. The maximum atomic E-state index is 4.16. The predicted octanol–water partition coefficient (Wildman–Crippen LogP) is -0.145. The van der Waals surface area contributed by atoms with Gasteiger partial charge in [-0.3, -0.25) is 4.90 Å². The molecule has 0 saturated carbocycles. The van der Waals surface area contributed by atoms with Gasteiger partial charge in [-0.05, 0) is 31.8 Å². The number of rotatable bonds is 2. The molecule has 0 amide bonds. The van der Waals surface area contributed by atoms with E-state index in [0.717, 1.165) is 24.2 Å². The molecule has 5 nitrogen and oxygen atoms in total. The molecule has 2 aliphatic heterocycles. The Labute approximate surface area is 95.8 Å². The Kier molecular flexibility index (Phi) is 2.44. The van der Waals surface area contributed by atoms with E-state index in [1.165, 1.54) is 19.6 Å². The molecular weight excluding hydrogens is 202 g/mol. The van der Waals surface area contributed by atoms with Crippen LogP contribution in [0.3, 0.4) is 0 Å². The third-order valence-corrected chi connectivity index (χ3v) is 4.21. The lowest BCUT2D eigenvalue weighted by Crippen LogP contribution is -2.33. The lowest BCUT2D eigenvalue weighted by atomic mass is 9.95. The lowest BCUT2D eigenvalue weighted by Gasteiger charge is -2.23. The molecule has 0 bridgehead atoms. The van der Waals surface area contributed by atoms with Gasteiger partial charge < -0.3 is 9.88 Å². The first kappa shape index (κ1) is 10.2. The molecule has 0 spiro atoms. The zero-order valence-corrected chi connectivity index (χ0v) is 9.93. The minimum Gasteiger partial charge on any atom is -0.320 e. The Balaban J connectivity index is 1.71. The number of likely N-dealkylation sites (tertiary alicyclic amines) is 1. The average molecular weight is 221 g/mol. The highest BCUT2D eigenvalue weighted by Gasteiger charge is 2.41. The van der Waals surface area contributed by atoms with Gasteiger partial charge in [0, 0.05) is 19.6 Å². The van der Waals surface area contributed by atoms with Crippen LogP contribution in [-0.4, -0.2) is 45.3 Å². The van der Waals surface area contributed by atoms with Gasteiger partial charge in [-0.2, -0.15) is 0 Å². The van der Waals surface area contributed by atoms with Crippen LogP contribution in [0.5, 0.6) is 0 Å². The van der Waals surface area contributed by atoms with Gasteiger partial charge in [-0.25, -0.2) is 0 Å². The van der Waals surface area contributed by atoms with E-state index in [4.69, 9.17) is 0 Å². The van der Waals surface area contributed by atoms with Crippen LogP contribution in [0.25, 0.3) is 0 Å². The van der Waals surface area contributed by atoms with Crippen molar-refractivity contribution in [3.63, 3.8) is 0 Å². The summed E-state index contributed by atoms with van der Waals surface area (Å²) in [4.78, 5) is 2.54. The van der Waals surface area contributed by atoms with E-state index in [1.807, 2.05) is 11.6 Å². The molecule has 16 heavy (non-hydrogen) atoms. The number of nitrogens with one attached hydrogen (secondary N) is 1. The van der Waals surface area contributed by atoms with E-state index in [1.54, 1.807) is 6.33 Å². The van der Waals surface area contributed by atoms with Gasteiger partial charge in [0.2, 0.25) is 0 Å². The number of aromatic nitrogens is 3. The third kappa shape index (κ3) is 1.55. The first-order valence-electron chi connectivity index (χ1n) is 6.03. The summed E-state index contributed by atoms with van der Waals surface area (Å²) in [5, 5.41) is 11.6. The quantitative estimate of drug-likeness (QED) is 0.755. The Morgan fingerprint density at radius 3 is 3.06 bits per heavy atom. The number of aryl methyl sites for hydroxylation is 1. The molecule has 1 N–H and O–H groups in total. The SMILES string of the molecule is CC1C2CNCC2CN1Cc1nncn1C. The Hall–Kier alpha value is -0.940. The molecule has 2 fully saturated rings. The fraction of sp³-hybridized carbons (Fsp3) is 0.818. The summed E-state index contributed by atoms with van der Waals surface area (Å²) in [7, 11) is 2.01. The molecule has 2 aliphatic rings. The topological polar surface area (TPSA) is 46.0 Å². The van der Waals surface area contributed by atoms with Crippen molar-refractivity contribution < 1.29 is 0 Å². The van der Waals surface area contributed by atoms with Crippen LogP contribution in [0.4, 0.5) is 0 Å². The summed E-state index contributed by atoms with van der Waals surface area (Å²) in [6.07, 6.45) is 1.78. The van der Waals surface area contributed by atoms with Gasteiger partial charge in [0.25, 0.3) is 0 Å². The van der Waals surface area contributed by atoms with Crippen LogP contribution in [0.1, 0.15) is 12.7 Å². The van der Waals surface area contributed by atoms with Crippen LogP contribution in [0.15, 0.2) is 6.33 Å². The van der Waals surface area contributed by atoms with E-state index in [9.17, 15) is 0 Å². The van der Waals surface area contributed by atoms with E-state index >= 15 is 0 Å². The van der Waals surface area contributed by atoms with Gasteiger partial charge in [0.15, 0.2) is 0 Å². The largest absolute Gasteiger partial charge is 0.320 e. The van der Waals surface area contributed by atoms with Gasteiger partial charge in [0.1, 0.15) is 12.2 Å². The molecule has 1 aromatic rings. The Morgan fingerprint density at radius 2 is 2.38 bits per heavy atom. The highest BCUT2D eigenvalue weighted by Crippen LogP contribution is 2.32. The summed E-state index contributed by atoms with van der Waals surface area (Å²) in [5.41, 5.74) is 0. The molecule has 3 heterocycles. The van der Waals surface area contributed by atoms with Crippen molar-refractivity contribution in [3.8, 4) is 0 Å². The minimum absolute atomic E-state index is 0.664. The molecule has 0 radical (unpaired) electrons. The monoisotopic (exact) mass is 221 g/mol. The smallest absolute Gasteiger partial charge is 0.146 e. The number of hydrogen-bond donors (Lipinski definition) is 1. The molecule has 0 aromatic carbocycles. The van der Waals surface area contributed by atoms with Crippen molar-refractivity contribution >= 4 is 0 Å². The minimum atomic E-state index is 0.664. The van der Waals surface area contributed by atoms with Crippen molar-refractivity contribution in [2.75, 3.05) is 19.6 Å².